The predicted molar refractivity (Wildman–Crippen MR) is 93.9 cm³/mol. The van der Waals surface area contributed by atoms with Crippen molar-refractivity contribution in [1.29, 1.82) is 0 Å². The summed E-state index contributed by atoms with van der Waals surface area (Å²) in [5.41, 5.74) is 3.33. The third-order valence-corrected chi connectivity index (χ3v) is 4.67. The molecule has 2 aromatic rings. The van der Waals surface area contributed by atoms with E-state index < -0.39 is 5.97 Å². The largest absolute Gasteiger partial charge is 0.453 e. The summed E-state index contributed by atoms with van der Waals surface area (Å²) < 4.78 is 5.09. The van der Waals surface area contributed by atoms with E-state index in [0.717, 1.165) is 19.3 Å². The molecule has 0 saturated heterocycles. The zero-order valence-corrected chi connectivity index (χ0v) is 14.0. The van der Waals surface area contributed by atoms with Crippen LogP contribution in [0.5, 0.6) is 0 Å². The van der Waals surface area contributed by atoms with Gasteiger partial charge < -0.3 is 10.1 Å². The average molecular weight is 342 g/mol. The Bertz CT molecular complexity index is 782. The van der Waals surface area contributed by atoms with Gasteiger partial charge in [0.1, 0.15) is 0 Å². The number of ether oxygens (including phenoxy) is 1. The number of ketones is 1. The molecule has 1 heterocycles. The Balaban J connectivity index is 1.56. The van der Waals surface area contributed by atoms with Crippen molar-refractivity contribution in [2.45, 2.75) is 19.3 Å². The third kappa shape index (κ3) is 3.71. The minimum atomic E-state index is -0.590. The van der Waals surface area contributed by atoms with E-state index >= 15 is 0 Å². The molecule has 0 aliphatic heterocycles. The van der Waals surface area contributed by atoms with Crippen molar-refractivity contribution in [3.63, 3.8) is 0 Å². The number of aromatic nitrogens is 1. The highest BCUT2D eigenvalue weighted by atomic mass is 32.1. The van der Waals surface area contributed by atoms with Gasteiger partial charge in [0.15, 0.2) is 23.2 Å². The molecule has 1 aliphatic rings. The number of benzene rings is 1. The molecule has 0 atom stereocenters. The summed E-state index contributed by atoms with van der Waals surface area (Å²) in [6.07, 6.45) is 4.92. The van der Waals surface area contributed by atoms with Crippen molar-refractivity contribution in [2.24, 2.45) is 0 Å². The van der Waals surface area contributed by atoms with E-state index in [2.05, 4.69) is 16.9 Å². The monoisotopic (exact) mass is 342 g/mol. The number of aryl methyl sites for hydroxylation is 2. The quantitative estimate of drug-likeness (QED) is 0.475. The number of carbonyl (C=O) groups is 2. The lowest BCUT2D eigenvalue weighted by Crippen LogP contribution is -2.15. The molecule has 1 N–H and O–H groups in total. The van der Waals surface area contributed by atoms with E-state index in [4.69, 9.17) is 4.74 Å². The van der Waals surface area contributed by atoms with Gasteiger partial charge in [0.2, 0.25) is 0 Å². The van der Waals surface area contributed by atoms with Gasteiger partial charge in [-0.15, -0.1) is 17.9 Å². The van der Waals surface area contributed by atoms with Crippen LogP contribution in [0.1, 0.15) is 38.4 Å². The Morgan fingerprint density at radius 2 is 2.17 bits per heavy atom. The normalized spacial score (nSPS) is 12.5. The first kappa shape index (κ1) is 16.4. The van der Waals surface area contributed by atoms with Crippen LogP contribution in [-0.4, -0.2) is 29.9 Å². The highest BCUT2D eigenvalue weighted by Crippen LogP contribution is 2.23. The van der Waals surface area contributed by atoms with Crippen LogP contribution >= 0.6 is 11.3 Å². The molecular formula is C18H18N2O3S. The van der Waals surface area contributed by atoms with Gasteiger partial charge >= 0.3 is 5.97 Å². The number of anilines is 1. The van der Waals surface area contributed by atoms with Crippen molar-refractivity contribution in [3.05, 3.63) is 58.6 Å². The molecule has 3 rings (SSSR count). The van der Waals surface area contributed by atoms with E-state index in [-0.39, 0.29) is 18.1 Å². The zero-order valence-electron chi connectivity index (χ0n) is 13.2. The molecule has 0 amide bonds. The fourth-order valence-electron chi connectivity index (χ4n) is 2.64. The molecule has 24 heavy (non-hydrogen) atoms. The van der Waals surface area contributed by atoms with Gasteiger partial charge in [0.25, 0.3) is 0 Å². The number of rotatable bonds is 7. The number of esters is 1. The SMILES string of the molecule is C=CCNc1nc(C(=O)OCC(=O)c2ccc3c(c2)CCC3)cs1. The van der Waals surface area contributed by atoms with Gasteiger partial charge in [0.05, 0.1) is 0 Å². The number of thiazole rings is 1. The maximum absolute atomic E-state index is 12.2. The van der Waals surface area contributed by atoms with Crippen LogP contribution in [0, 0.1) is 0 Å². The van der Waals surface area contributed by atoms with Crippen LogP contribution in [0.4, 0.5) is 5.13 Å². The molecule has 0 radical (unpaired) electrons. The number of hydrogen-bond donors (Lipinski definition) is 1. The second-order valence-corrected chi connectivity index (χ2v) is 6.40. The number of carbonyl (C=O) groups excluding carboxylic acids is 2. The summed E-state index contributed by atoms with van der Waals surface area (Å²) in [6, 6.07) is 5.72. The fraction of sp³-hybridized carbons (Fsp3) is 0.278. The lowest BCUT2D eigenvalue weighted by molar-refractivity contribution is 0.0470. The van der Waals surface area contributed by atoms with Crippen molar-refractivity contribution < 1.29 is 14.3 Å². The van der Waals surface area contributed by atoms with Gasteiger partial charge in [0, 0.05) is 17.5 Å². The van der Waals surface area contributed by atoms with Crippen LogP contribution in [0.3, 0.4) is 0 Å². The first-order chi connectivity index (χ1) is 11.7. The van der Waals surface area contributed by atoms with Crippen molar-refractivity contribution in [1.82, 2.24) is 4.98 Å². The highest BCUT2D eigenvalue weighted by Gasteiger charge is 2.17. The summed E-state index contributed by atoms with van der Waals surface area (Å²) in [4.78, 5) is 28.3. The summed E-state index contributed by atoms with van der Waals surface area (Å²) in [6.45, 7) is 3.90. The number of hydrogen-bond acceptors (Lipinski definition) is 6. The molecule has 0 unspecified atom stereocenters. The summed E-state index contributed by atoms with van der Waals surface area (Å²) >= 11 is 1.31. The second kappa shape index (κ2) is 7.40. The molecule has 1 aromatic carbocycles. The van der Waals surface area contributed by atoms with E-state index in [0.29, 0.717) is 17.2 Å². The predicted octanol–water partition coefficient (Wildman–Crippen LogP) is 3.27. The Kier molecular flexibility index (Phi) is 5.05. The van der Waals surface area contributed by atoms with Crippen LogP contribution in [-0.2, 0) is 17.6 Å². The van der Waals surface area contributed by atoms with Gasteiger partial charge in [-0.25, -0.2) is 9.78 Å². The zero-order chi connectivity index (χ0) is 16.9. The molecule has 1 aromatic heterocycles. The number of Topliss-reactive ketones (excluding diaryl/α,β-unsaturated/α-hetero) is 1. The molecule has 1 aliphatic carbocycles. The topological polar surface area (TPSA) is 68.3 Å². The van der Waals surface area contributed by atoms with Gasteiger partial charge in [-0.2, -0.15) is 0 Å². The second-order valence-electron chi connectivity index (χ2n) is 5.54. The smallest absolute Gasteiger partial charge is 0.358 e. The molecule has 5 nitrogen and oxygen atoms in total. The first-order valence-electron chi connectivity index (χ1n) is 7.80. The Labute approximate surface area is 144 Å². The van der Waals surface area contributed by atoms with Crippen LogP contribution in [0.2, 0.25) is 0 Å². The average Bonchev–Trinajstić information content (AvgIpc) is 3.25. The number of nitrogens with zero attached hydrogens (tertiary/aromatic N) is 1. The third-order valence-electron chi connectivity index (χ3n) is 3.87. The van der Waals surface area contributed by atoms with E-state index in [9.17, 15) is 9.59 Å². The molecule has 6 heteroatoms. The maximum atomic E-state index is 12.2. The standard InChI is InChI=1S/C18H18N2O3S/c1-2-8-19-18-20-15(11-24-18)17(22)23-10-16(21)14-7-6-12-4-3-5-13(12)9-14/h2,6-7,9,11H,1,3-5,8,10H2,(H,19,20). The van der Waals surface area contributed by atoms with Gasteiger partial charge in [-0.05, 0) is 36.5 Å². The van der Waals surface area contributed by atoms with Crippen LogP contribution in [0.25, 0.3) is 0 Å². The Morgan fingerprint density at radius 3 is 3.00 bits per heavy atom. The summed E-state index contributed by atoms with van der Waals surface area (Å²) in [5, 5.41) is 5.22. The summed E-state index contributed by atoms with van der Waals surface area (Å²) in [7, 11) is 0. The van der Waals surface area contributed by atoms with E-state index in [1.807, 2.05) is 12.1 Å². The molecule has 0 saturated carbocycles. The van der Waals surface area contributed by atoms with E-state index in [1.165, 1.54) is 22.5 Å². The minimum absolute atomic E-state index is 0.196. The van der Waals surface area contributed by atoms with Gasteiger partial charge in [-0.3, -0.25) is 4.79 Å². The molecule has 0 bridgehead atoms. The molecule has 124 valence electrons. The highest BCUT2D eigenvalue weighted by molar-refractivity contribution is 7.13. The molecule has 0 spiro atoms. The van der Waals surface area contributed by atoms with Crippen LogP contribution < -0.4 is 5.32 Å². The van der Waals surface area contributed by atoms with E-state index in [1.54, 1.807) is 17.5 Å². The number of nitrogens with one attached hydrogen (secondary N) is 1. The summed E-state index contributed by atoms with van der Waals surface area (Å²) in [5.74, 6) is -0.786. The maximum Gasteiger partial charge on any atom is 0.358 e. The molecule has 0 fully saturated rings. The van der Waals surface area contributed by atoms with Gasteiger partial charge in [-0.1, -0.05) is 18.2 Å². The van der Waals surface area contributed by atoms with Crippen LogP contribution in [0.15, 0.2) is 36.2 Å². The minimum Gasteiger partial charge on any atom is -0.453 e. The lowest BCUT2D eigenvalue weighted by Gasteiger charge is -2.05. The Hall–Kier alpha value is -2.47. The lowest BCUT2D eigenvalue weighted by atomic mass is 10.0. The van der Waals surface area contributed by atoms with Crippen molar-refractivity contribution in [2.75, 3.05) is 18.5 Å². The molecular weight excluding hydrogens is 324 g/mol. The Morgan fingerprint density at radius 1 is 1.33 bits per heavy atom. The van der Waals surface area contributed by atoms with Crippen molar-refractivity contribution >= 4 is 28.2 Å². The first-order valence-corrected chi connectivity index (χ1v) is 8.68. The fourth-order valence-corrected chi connectivity index (χ4v) is 3.33. The van der Waals surface area contributed by atoms with Crippen molar-refractivity contribution in [3.8, 4) is 0 Å². The number of fused-ring (bicyclic) bond motifs is 1.